The van der Waals surface area contributed by atoms with Crippen molar-refractivity contribution >= 4 is 5.96 Å². The van der Waals surface area contributed by atoms with Gasteiger partial charge in [-0.1, -0.05) is 38.1 Å². The predicted octanol–water partition coefficient (Wildman–Crippen LogP) is 2.75. The highest BCUT2D eigenvalue weighted by Gasteiger charge is 2.38. The summed E-state index contributed by atoms with van der Waals surface area (Å²) >= 11 is 0. The van der Waals surface area contributed by atoms with E-state index in [0.717, 1.165) is 19.5 Å². The first-order chi connectivity index (χ1) is 8.97. The summed E-state index contributed by atoms with van der Waals surface area (Å²) in [5.41, 5.74) is 8.58. The van der Waals surface area contributed by atoms with Gasteiger partial charge in [0.25, 0.3) is 0 Å². The smallest absolute Gasteiger partial charge is 0.192 e. The minimum absolute atomic E-state index is 0.0881. The standard InChI is InChI=1S/C16H25N3/c1-5-19-15(17)18-11-16(19,4)14-8-6-13(7-9-14)10-12(2)3/h6-9,12H,5,10-11H2,1-4H3,(H2,17,18). The maximum Gasteiger partial charge on any atom is 0.192 e. The number of hydrogen-bond donors (Lipinski definition) is 1. The summed E-state index contributed by atoms with van der Waals surface area (Å²) in [6, 6.07) is 8.94. The molecule has 0 spiro atoms. The van der Waals surface area contributed by atoms with Gasteiger partial charge in [0.05, 0.1) is 12.1 Å². The van der Waals surface area contributed by atoms with Gasteiger partial charge in [0.15, 0.2) is 5.96 Å². The fourth-order valence-electron chi connectivity index (χ4n) is 2.89. The molecule has 1 aliphatic rings. The van der Waals surface area contributed by atoms with Crippen molar-refractivity contribution in [2.24, 2.45) is 16.6 Å². The van der Waals surface area contributed by atoms with Crippen LogP contribution in [0.1, 0.15) is 38.8 Å². The molecule has 104 valence electrons. The van der Waals surface area contributed by atoms with Crippen LogP contribution < -0.4 is 5.73 Å². The van der Waals surface area contributed by atoms with Gasteiger partial charge in [0.1, 0.15) is 0 Å². The van der Waals surface area contributed by atoms with Crippen molar-refractivity contribution in [2.75, 3.05) is 13.1 Å². The average Bonchev–Trinajstić information content (AvgIpc) is 2.66. The molecule has 0 radical (unpaired) electrons. The maximum atomic E-state index is 5.97. The third kappa shape index (κ3) is 2.60. The van der Waals surface area contributed by atoms with Crippen molar-refractivity contribution in [3.05, 3.63) is 35.4 Å². The van der Waals surface area contributed by atoms with E-state index in [4.69, 9.17) is 5.73 Å². The molecule has 19 heavy (non-hydrogen) atoms. The molecule has 0 saturated heterocycles. The number of likely N-dealkylation sites (N-methyl/N-ethyl adjacent to an activating group) is 1. The number of nitrogens with zero attached hydrogens (tertiary/aromatic N) is 2. The van der Waals surface area contributed by atoms with Crippen molar-refractivity contribution in [3.63, 3.8) is 0 Å². The lowest BCUT2D eigenvalue weighted by Crippen LogP contribution is -2.47. The first kappa shape index (κ1) is 13.9. The van der Waals surface area contributed by atoms with Gasteiger partial charge < -0.3 is 10.6 Å². The van der Waals surface area contributed by atoms with Crippen LogP contribution in [-0.2, 0) is 12.0 Å². The Bertz CT molecular complexity index is 461. The zero-order valence-electron chi connectivity index (χ0n) is 12.5. The second kappa shape index (κ2) is 5.24. The maximum absolute atomic E-state index is 5.97. The molecule has 0 saturated carbocycles. The van der Waals surface area contributed by atoms with Gasteiger partial charge in [-0.15, -0.1) is 0 Å². The highest BCUT2D eigenvalue weighted by Crippen LogP contribution is 2.32. The highest BCUT2D eigenvalue weighted by molar-refractivity contribution is 5.81. The lowest BCUT2D eigenvalue weighted by atomic mass is 9.89. The van der Waals surface area contributed by atoms with Crippen LogP contribution in [0.4, 0.5) is 0 Å². The second-order valence-corrected chi connectivity index (χ2v) is 5.99. The summed E-state index contributed by atoms with van der Waals surface area (Å²) in [5.74, 6) is 1.36. The molecule has 1 unspecified atom stereocenters. The molecule has 1 aromatic carbocycles. The molecule has 0 amide bonds. The number of guanidine groups is 1. The highest BCUT2D eigenvalue weighted by atomic mass is 15.3. The molecule has 0 aliphatic carbocycles. The lowest BCUT2D eigenvalue weighted by Gasteiger charge is -2.36. The van der Waals surface area contributed by atoms with E-state index in [0.29, 0.717) is 11.9 Å². The minimum atomic E-state index is -0.0881. The Labute approximate surface area is 116 Å². The largest absolute Gasteiger partial charge is 0.370 e. The van der Waals surface area contributed by atoms with Gasteiger partial charge in [-0.2, -0.15) is 0 Å². The van der Waals surface area contributed by atoms with Crippen LogP contribution in [0.2, 0.25) is 0 Å². The van der Waals surface area contributed by atoms with Crippen molar-refractivity contribution in [1.29, 1.82) is 0 Å². The van der Waals surface area contributed by atoms with Crippen LogP contribution in [0, 0.1) is 5.92 Å². The van der Waals surface area contributed by atoms with Crippen LogP contribution in [-0.4, -0.2) is 23.9 Å². The quantitative estimate of drug-likeness (QED) is 0.903. The summed E-state index contributed by atoms with van der Waals surface area (Å²) in [6.45, 7) is 10.5. The Balaban J connectivity index is 2.22. The zero-order chi connectivity index (χ0) is 14.0. The van der Waals surface area contributed by atoms with E-state index in [9.17, 15) is 0 Å². The van der Waals surface area contributed by atoms with E-state index >= 15 is 0 Å². The number of nitrogens with two attached hydrogens (primary N) is 1. The Morgan fingerprint density at radius 3 is 2.47 bits per heavy atom. The number of hydrogen-bond acceptors (Lipinski definition) is 3. The fraction of sp³-hybridized carbons (Fsp3) is 0.562. The van der Waals surface area contributed by atoms with Crippen molar-refractivity contribution in [2.45, 2.75) is 39.7 Å². The molecule has 1 aromatic rings. The SMILES string of the molecule is CCN1C(N)=NCC1(C)c1ccc(CC(C)C)cc1. The van der Waals surface area contributed by atoms with Gasteiger partial charge in [-0.25, -0.2) is 0 Å². The van der Waals surface area contributed by atoms with E-state index in [1.165, 1.54) is 11.1 Å². The average molecular weight is 259 g/mol. The first-order valence-corrected chi connectivity index (χ1v) is 7.14. The van der Waals surface area contributed by atoms with Gasteiger partial charge in [-0.05, 0) is 37.3 Å². The molecule has 3 nitrogen and oxygen atoms in total. The molecule has 1 aliphatic heterocycles. The fourth-order valence-corrected chi connectivity index (χ4v) is 2.89. The molecule has 3 heteroatoms. The topological polar surface area (TPSA) is 41.6 Å². The van der Waals surface area contributed by atoms with Crippen molar-refractivity contribution in [1.82, 2.24) is 4.90 Å². The van der Waals surface area contributed by atoms with E-state index < -0.39 is 0 Å². The van der Waals surface area contributed by atoms with Gasteiger partial charge in [-0.3, -0.25) is 4.99 Å². The first-order valence-electron chi connectivity index (χ1n) is 7.14. The molecular weight excluding hydrogens is 234 g/mol. The summed E-state index contributed by atoms with van der Waals surface area (Å²) in [5, 5.41) is 0. The normalized spacial score (nSPS) is 23.0. The van der Waals surface area contributed by atoms with E-state index in [1.54, 1.807) is 0 Å². The van der Waals surface area contributed by atoms with Crippen molar-refractivity contribution < 1.29 is 0 Å². The Kier molecular flexibility index (Phi) is 3.83. The Morgan fingerprint density at radius 1 is 1.32 bits per heavy atom. The molecule has 2 N–H and O–H groups in total. The third-order valence-electron chi connectivity index (χ3n) is 3.96. The summed E-state index contributed by atoms with van der Waals surface area (Å²) in [4.78, 5) is 6.59. The van der Waals surface area contributed by atoms with Crippen LogP contribution >= 0.6 is 0 Å². The molecule has 0 aromatic heterocycles. The third-order valence-corrected chi connectivity index (χ3v) is 3.96. The van der Waals surface area contributed by atoms with E-state index in [1.807, 2.05) is 0 Å². The van der Waals surface area contributed by atoms with Crippen LogP contribution in [0.25, 0.3) is 0 Å². The number of aliphatic imine (C=N–C) groups is 1. The van der Waals surface area contributed by atoms with Crippen LogP contribution in [0.3, 0.4) is 0 Å². The molecule has 0 fully saturated rings. The van der Waals surface area contributed by atoms with Crippen molar-refractivity contribution in [3.8, 4) is 0 Å². The Morgan fingerprint density at radius 2 is 1.95 bits per heavy atom. The Hall–Kier alpha value is -1.51. The molecule has 1 heterocycles. The zero-order valence-corrected chi connectivity index (χ0v) is 12.5. The molecular formula is C16H25N3. The lowest BCUT2D eigenvalue weighted by molar-refractivity contribution is 0.235. The number of benzene rings is 1. The summed E-state index contributed by atoms with van der Waals surface area (Å²) < 4.78 is 0. The molecule has 2 rings (SSSR count). The minimum Gasteiger partial charge on any atom is -0.370 e. The van der Waals surface area contributed by atoms with Crippen LogP contribution in [0.15, 0.2) is 29.3 Å². The predicted molar refractivity (Wildman–Crippen MR) is 81.2 cm³/mol. The van der Waals surface area contributed by atoms with E-state index in [2.05, 4.69) is 61.9 Å². The van der Waals surface area contributed by atoms with Gasteiger partial charge >= 0.3 is 0 Å². The summed E-state index contributed by atoms with van der Waals surface area (Å²) in [6.07, 6.45) is 1.13. The monoisotopic (exact) mass is 259 g/mol. The number of rotatable bonds is 4. The molecule has 1 atom stereocenters. The molecule has 0 bridgehead atoms. The second-order valence-electron chi connectivity index (χ2n) is 5.99. The van der Waals surface area contributed by atoms with Crippen LogP contribution in [0.5, 0.6) is 0 Å². The van der Waals surface area contributed by atoms with Gasteiger partial charge in [0.2, 0.25) is 0 Å². The summed E-state index contributed by atoms with van der Waals surface area (Å²) in [7, 11) is 0. The van der Waals surface area contributed by atoms with Gasteiger partial charge in [0, 0.05) is 6.54 Å². The van der Waals surface area contributed by atoms with E-state index in [-0.39, 0.29) is 5.54 Å².